The molecule has 0 spiro atoms. The highest BCUT2D eigenvalue weighted by Gasteiger charge is 2.49. The second-order valence-corrected chi connectivity index (χ2v) is 13.3. The Labute approximate surface area is 187 Å². The number of benzene rings is 1. The van der Waals surface area contributed by atoms with Crippen LogP contribution in [0, 0.1) is 0 Å². The zero-order chi connectivity index (χ0) is 25.0. The number of hydrogen-bond acceptors (Lipinski definition) is 6. The van der Waals surface area contributed by atoms with Crippen molar-refractivity contribution in [2.45, 2.75) is 24.4 Å². The Morgan fingerprint density at radius 1 is 0.781 bits per heavy atom. The van der Waals surface area contributed by atoms with Gasteiger partial charge < -0.3 is 9.11 Å². The molecule has 0 unspecified atom stereocenters. The molecule has 0 amide bonds. The van der Waals surface area contributed by atoms with Crippen molar-refractivity contribution in [2.75, 3.05) is 23.0 Å². The maximum absolute atomic E-state index is 10.7. The van der Waals surface area contributed by atoms with Crippen LogP contribution in [0.4, 0.5) is 26.3 Å². The highest BCUT2D eigenvalue weighted by Crippen LogP contribution is 2.41. The molecule has 32 heavy (non-hydrogen) atoms. The van der Waals surface area contributed by atoms with Crippen LogP contribution < -0.4 is 0 Å². The van der Waals surface area contributed by atoms with Gasteiger partial charge >= 0.3 is 11.0 Å². The molecule has 1 fully saturated rings. The summed E-state index contributed by atoms with van der Waals surface area (Å²) in [4.78, 5) is 3.57. The largest absolute Gasteiger partial charge is 0.741 e. The van der Waals surface area contributed by atoms with E-state index in [1.54, 1.807) is 4.91 Å². The van der Waals surface area contributed by atoms with Crippen molar-refractivity contribution in [3.63, 3.8) is 0 Å². The van der Waals surface area contributed by atoms with Gasteiger partial charge in [-0.05, 0) is 12.1 Å². The molecule has 0 radical (unpaired) electrons. The van der Waals surface area contributed by atoms with E-state index in [-0.39, 0.29) is 0 Å². The third kappa shape index (κ3) is 8.13. The van der Waals surface area contributed by atoms with Gasteiger partial charge in [0.15, 0.2) is 48.2 Å². The van der Waals surface area contributed by atoms with Crippen LogP contribution in [0.5, 0.6) is 0 Å². The van der Waals surface area contributed by atoms with E-state index in [1.807, 2.05) is 4.91 Å². The van der Waals surface area contributed by atoms with Crippen LogP contribution in [0.15, 0.2) is 35.2 Å². The predicted molar refractivity (Wildman–Crippen MR) is 109 cm³/mol. The summed E-state index contributed by atoms with van der Waals surface area (Å²) < 4.78 is 118. The van der Waals surface area contributed by atoms with Crippen LogP contribution >= 0.6 is 0 Å². The molecule has 0 aliphatic carbocycles. The molecular formula is C16H18F6O6S4. The van der Waals surface area contributed by atoms with Crippen molar-refractivity contribution < 1.29 is 52.3 Å². The first-order valence-electron chi connectivity index (χ1n) is 8.58. The van der Waals surface area contributed by atoms with E-state index in [1.165, 1.54) is 35.0 Å². The normalized spacial score (nSPS) is 21.3. The fraction of sp³-hybridized carbons (Fsp3) is 0.500. The summed E-state index contributed by atoms with van der Waals surface area (Å²) in [5, 5.41) is 0. The van der Waals surface area contributed by atoms with Gasteiger partial charge in [-0.3, -0.25) is 0 Å². The van der Waals surface area contributed by atoms with E-state index in [2.05, 4.69) is 37.3 Å². The van der Waals surface area contributed by atoms with Gasteiger partial charge in [0.1, 0.15) is 0 Å². The standard InChI is InChI=1S/C14H18S2.2CHF3O3S/c1-2-13-14(12-6-4-3-5-7-12)16-10-8-15(13)9-11-16;2*2-1(3,4)8(5,6)7/h3-7H,2,8-11H2,1H3;2*(H,5,6,7)/q+2;;/p-2. The second kappa shape index (κ2) is 11.0. The van der Waals surface area contributed by atoms with Crippen molar-refractivity contribution in [2.24, 2.45) is 0 Å². The third-order valence-corrected chi connectivity index (χ3v) is 10.8. The molecule has 1 saturated heterocycles. The molecule has 16 heteroatoms. The molecular weight excluding hydrogens is 530 g/mol. The summed E-state index contributed by atoms with van der Waals surface area (Å²) >= 11 is 0. The van der Waals surface area contributed by atoms with Gasteiger partial charge in [-0.1, -0.05) is 25.1 Å². The summed E-state index contributed by atoms with van der Waals surface area (Å²) in [6, 6.07) is 11.1. The van der Waals surface area contributed by atoms with E-state index >= 15 is 0 Å². The minimum atomic E-state index is -6.09. The lowest BCUT2D eigenvalue weighted by Crippen LogP contribution is -2.39. The van der Waals surface area contributed by atoms with Gasteiger partial charge in [-0.15, -0.1) is 0 Å². The maximum Gasteiger partial charge on any atom is 0.485 e. The number of fused-ring (bicyclic) bond motifs is 2. The molecule has 2 bridgehead atoms. The van der Waals surface area contributed by atoms with Crippen molar-refractivity contribution in [1.82, 2.24) is 0 Å². The van der Waals surface area contributed by atoms with E-state index in [4.69, 9.17) is 25.9 Å². The van der Waals surface area contributed by atoms with Crippen molar-refractivity contribution >= 4 is 46.9 Å². The summed E-state index contributed by atoms with van der Waals surface area (Å²) in [6.07, 6.45) is 1.27. The maximum atomic E-state index is 10.7. The first-order valence-corrected chi connectivity index (χ1v) is 14.5. The molecule has 3 aliphatic heterocycles. The molecule has 3 heterocycles. The number of alkyl halides is 6. The monoisotopic (exact) mass is 548 g/mol. The molecule has 6 nitrogen and oxygen atoms in total. The Hall–Kier alpha value is -0.940. The van der Waals surface area contributed by atoms with Crippen LogP contribution in [-0.2, 0) is 42.0 Å². The lowest BCUT2D eigenvalue weighted by molar-refractivity contribution is -0.0522. The van der Waals surface area contributed by atoms with Crippen LogP contribution in [0.2, 0.25) is 0 Å². The van der Waals surface area contributed by atoms with Crippen molar-refractivity contribution in [3.05, 3.63) is 40.8 Å². The number of halogens is 6. The summed E-state index contributed by atoms with van der Waals surface area (Å²) in [6.45, 7) is 2.34. The summed E-state index contributed by atoms with van der Waals surface area (Å²) in [5.41, 5.74) is -9.78. The Morgan fingerprint density at radius 3 is 1.44 bits per heavy atom. The van der Waals surface area contributed by atoms with Gasteiger partial charge in [0, 0.05) is 33.8 Å². The van der Waals surface area contributed by atoms with Gasteiger partial charge in [0.2, 0.25) is 4.91 Å². The lowest BCUT2D eigenvalue weighted by atomic mass is 10.2. The molecule has 184 valence electrons. The van der Waals surface area contributed by atoms with E-state index in [0.29, 0.717) is 21.8 Å². The topological polar surface area (TPSA) is 114 Å². The quantitative estimate of drug-likeness (QED) is 0.243. The Morgan fingerprint density at radius 2 is 1.12 bits per heavy atom. The zero-order valence-electron chi connectivity index (χ0n) is 16.3. The van der Waals surface area contributed by atoms with Crippen molar-refractivity contribution in [1.29, 1.82) is 0 Å². The number of hydrogen-bond donors (Lipinski definition) is 0. The van der Waals surface area contributed by atoms with Gasteiger partial charge in [0.25, 0.3) is 0 Å². The molecule has 1 aromatic carbocycles. The molecule has 3 aliphatic rings. The minimum Gasteiger partial charge on any atom is -0.741 e. The van der Waals surface area contributed by atoms with E-state index in [9.17, 15) is 26.3 Å². The van der Waals surface area contributed by atoms with Gasteiger partial charge in [0.05, 0.1) is 0 Å². The van der Waals surface area contributed by atoms with E-state index in [0.717, 1.165) is 0 Å². The highest BCUT2D eigenvalue weighted by molar-refractivity contribution is 8.13. The molecule has 1 aromatic rings. The highest BCUT2D eigenvalue weighted by atomic mass is 32.2. The molecule has 0 atom stereocenters. The van der Waals surface area contributed by atoms with Crippen LogP contribution in [0.1, 0.15) is 18.9 Å². The van der Waals surface area contributed by atoms with Crippen molar-refractivity contribution in [3.8, 4) is 0 Å². The molecule has 0 N–H and O–H groups in total. The Bertz CT molecular complexity index is 954. The second-order valence-electron chi connectivity index (χ2n) is 6.07. The average molecular weight is 549 g/mol. The molecule has 0 saturated carbocycles. The number of rotatable bonds is 2. The van der Waals surface area contributed by atoms with E-state index < -0.39 is 31.3 Å². The predicted octanol–water partition coefficient (Wildman–Crippen LogP) is 3.13. The summed E-state index contributed by atoms with van der Waals surface area (Å²) in [5.74, 6) is 5.92. The number of allylic oxidation sites excluding steroid dienone is 1. The Balaban J connectivity index is 0.000000273. The van der Waals surface area contributed by atoms with Gasteiger partial charge in [-0.25, -0.2) is 16.8 Å². The van der Waals surface area contributed by atoms with Crippen LogP contribution in [0.25, 0.3) is 4.91 Å². The van der Waals surface area contributed by atoms with Gasteiger partial charge in [-0.2, -0.15) is 26.3 Å². The van der Waals surface area contributed by atoms with Crippen LogP contribution in [0.3, 0.4) is 0 Å². The average Bonchev–Trinajstić information content (AvgIpc) is 2.66. The molecule has 0 aromatic heterocycles. The molecule has 4 rings (SSSR count). The first-order chi connectivity index (χ1) is 14.4. The summed E-state index contributed by atoms with van der Waals surface area (Å²) in [7, 11) is -11.0. The smallest absolute Gasteiger partial charge is 0.485 e. The lowest BCUT2D eigenvalue weighted by Gasteiger charge is -2.25. The fourth-order valence-corrected chi connectivity index (χ4v) is 9.59. The third-order valence-electron chi connectivity index (χ3n) is 3.97. The first kappa shape index (κ1) is 29.1. The van der Waals surface area contributed by atoms with Crippen LogP contribution in [-0.4, -0.2) is 60.0 Å². The SMILES string of the molecule is CCC1=C(c2ccccc2)[S+]2CC[S+]1CC2.O=S(=O)([O-])C(F)(F)F.O=S(=O)([O-])C(F)(F)F. The zero-order valence-corrected chi connectivity index (χ0v) is 19.5. The minimum absolute atomic E-state index is 0.582. The Kier molecular flexibility index (Phi) is 9.99. The fourth-order valence-electron chi connectivity index (χ4n) is 2.63.